The molecular formula is C17H19BrN4O3. The number of hydrogen-bond donors (Lipinski definition) is 1. The maximum absolute atomic E-state index is 11.7. The van der Waals surface area contributed by atoms with Gasteiger partial charge in [-0.2, -0.15) is 5.10 Å². The minimum Gasteiger partial charge on any atom is -0.493 e. The molecule has 0 spiro atoms. The molecule has 0 aliphatic carbocycles. The van der Waals surface area contributed by atoms with Crippen LogP contribution in [0.4, 0.5) is 5.82 Å². The number of hydrogen-bond acceptors (Lipinski definition) is 6. The van der Waals surface area contributed by atoms with E-state index in [2.05, 4.69) is 31.4 Å². The van der Waals surface area contributed by atoms with Crippen molar-refractivity contribution < 1.29 is 14.3 Å². The second kappa shape index (κ2) is 9.03. The summed E-state index contributed by atoms with van der Waals surface area (Å²) in [6.07, 6.45) is 3.31. The molecule has 7 nitrogen and oxygen atoms in total. The van der Waals surface area contributed by atoms with E-state index in [1.165, 1.54) is 12.0 Å². The lowest BCUT2D eigenvalue weighted by Crippen LogP contribution is -2.27. The zero-order chi connectivity index (χ0) is 18.2. The number of rotatable bonds is 7. The smallest absolute Gasteiger partial charge is 0.259 e. The van der Waals surface area contributed by atoms with Crippen LogP contribution in [0.3, 0.4) is 0 Å². The standard InChI is InChI=1S/C17H19BrN4O3/c1-22(2)16(23)11-25-17-13(18)8-12(9-14(17)24-3)10-20-21-15-6-4-5-7-19-15/h4-10H,11H2,1-3H3,(H,19,21)/b20-10-. The van der Waals surface area contributed by atoms with E-state index in [-0.39, 0.29) is 12.5 Å². The first-order valence-corrected chi connectivity index (χ1v) is 8.21. The van der Waals surface area contributed by atoms with Crippen LogP contribution in [0, 0.1) is 0 Å². The van der Waals surface area contributed by atoms with E-state index in [9.17, 15) is 4.79 Å². The zero-order valence-electron chi connectivity index (χ0n) is 14.2. The number of pyridine rings is 1. The lowest BCUT2D eigenvalue weighted by atomic mass is 10.2. The van der Waals surface area contributed by atoms with Gasteiger partial charge in [-0.25, -0.2) is 4.98 Å². The fourth-order valence-corrected chi connectivity index (χ4v) is 2.39. The summed E-state index contributed by atoms with van der Waals surface area (Å²) in [6, 6.07) is 9.10. The van der Waals surface area contributed by atoms with E-state index in [0.29, 0.717) is 21.8 Å². The molecule has 0 radical (unpaired) electrons. The largest absolute Gasteiger partial charge is 0.493 e. The Morgan fingerprint density at radius 1 is 1.40 bits per heavy atom. The highest BCUT2D eigenvalue weighted by Crippen LogP contribution is 2.36. The molecule has 1 aromatic heterocycles. The summed E-state index contributed by atoms with van der Waals surface area (Å²) in [7, 11) is 4.88. The number of halogens is 1. The Labute approximate surface area is 154 Å². The van der Waals surface area contributed by atoms with Crippen molar-refractivity contribution in [2.75, 3.05) is 33.2 Å². The zero-order valence-corrected chi connectivity index (χ0v) is 15.8. The van der Waals surface area contributed by atoms with Gasteiger partial charge >= 0.3 is 0 Å². The molecule has 2 aromatic rings. The Morgan fingerprint density at radius 2 is 2.20 bits per heavy atom. The predicted molar refractivity (Wildman–Crippen MR) is 100 cm³/mol. The van der Waals surface area contributed by atoms with Crippen molar-refractivity contribution in [3.8, 4) is 11.5 Å². The number of amides is 1. The predicted octanol–water partition coefficient (Wildman–Crippen LogP) is 2.77. The van der Waals surface area contributed by atoms with Crippen LogP contribution in [0.1, 0.15) is 5.56 Å². The van der Waals surface area contributed by atoms with Crippen LogP contribution >= 0.6 is 15.9 Å². The van der Waals surface area contributed by atoms with E-state index in [1.54, 1.807) is 32.6 Å². The monoisotopic (exact) mass is 406 g/mol. The molecule has 132 valence electrons. The van der Waals surface area contributed by atoms with E-state index in [1.807, 2.05) is 24.3 Å². The second-order valence-corrected chi connectivity index (χ2v) is 6.05. The fourth-order valence-electron chi connectivity index (χ4n) is 1.82. The van der Waals surface area contributed by atoms with E-state index < -0.39 is 0 Å². The fraction of sp³-hybridized carbons (Fsp3) is 0.235. The lowest BCUT2D eigenvalue weighted by molar-refractivity contribution is -0.130. The molecule has 1 amide bonds. The number of carbonyl (C=O) groups is 1. The maximum Gasteiger partial charge on any atom is 0.259 e. The number of nitrogens with zero attached hydrogens (tertiary/aromatic N) is 3. The number of hydrazone groups is 1. The van der Waals surface area contributed by atoms with Crippen LogP contribution in [0.25, 0.3) is 0 Å². The third-order valence-electron chi connectivity index (χ3n) is 3.15. The molecule has 1 N–H and O–H groups in total. The van der Waals surface area contributed by atoms with Gasteiger partial charge in [0.1, 0.15) is 5.82 Å². The number of methoxy groups -OCH3 is 1. The van der Waals surface area contributed by atoms with Gasteiger partial charge in [-0.3, -0.25) is 10.2 Å². The van der Waals surface area contributed by atoms with Crippen molar-refractivity contribution in [2.45, 2.75) is 0 Å². The number of ether oxygens (including phenoxy) is 2. The van der Waals surface area contributed by atoms with Gasteiger partial charge in [0.25, 0.3) is 5.91 Å². The molecule has 1 aromatic carbocycles. The number of carbonyl (C=O) groups excluding carboxylic acids is 1. The summed E-state index contributed by atoms with van der Waals surface area (Å²) >= 11 is 3.44. The van der Waals surface area contributed by atoms with Gasteiger partial charge in [0, 0.05) is 20.3 Å². The van der Waals surface area contributed by atoms with Crippen molar-refractivity contribution in [3.63, 3.8) is 0 Å². The van der Waals surface area contributed by atoms with Gasteiger partial charge in [-0.15, -0.1) is 0 Å². The Morgan fingerprint density at radius 3 is 2.84 bits per heavy atom. The van der Waals surface area contributed by atoms with Crippen LogP contribution in [0.5, 0.6) is 11.5 Å². The number of aromatic nitrogens is 1. The molecule has 0 bridgehead atoms. The highest BCUT2D eigenvalue weighted by molar-refractivity contribution is 9.10. The number of anilines is 1. The van der Waals surface area contributed by atoms with Crippen LogP contribution in [-0.2, 0) is 4.79 Å². The molecule has 0 fully saturated rings. The Balaban J connectivity index is 2.11. The van der Waals surface area contributed by atoms with Gasteiger partial charge < -0.3 is 14.4 Å². The number of nitrogens with one attached hydrogen (secondary N) is 1. The Bertz CT molecular complexity index is 751. The van der Waals surface area contributed by atoms with E-state index in [0.717, 1.165) is 5.56 Å². The molecule has 0 saturated carbocycles. The summed E-state index contributed by atoms with van der Waals surface area (Å²) in [5, 5.41) is 4.14. The van der Waals surface area contributed by atoms with Crippen molar-refractivity contribution >= 4 is 33.9 Å². The Kier molecular flexibility index (Phi) is 6.76. The summed E-state index contributed by atoms with van der Waals surface area (Å²) in [6.45, 7) is -0.0728. The highest BCUT2D eigenvalue weighted by Gasteiger charge is 2.13. The first-order chi connectivity index (χ1) is 12.0. The van der Waals surface area contributed by atoms with Gasteiger partial charge in [-0.05, 0) is 45.8 Å². The van der Waals surface area contributed by atoms with Crippen molar-refractivity contribution in [2.24, 2.45) is 5.10 Å². The molecule has 25 heavy (non-hydrogen) atoms. The average molecular weight is 407 g/mol. The second-order valence-electron chi connectivity index (χ2n) is 5.20. The average Bonchev–Trinajstić information content (AvgIpc) is 2.61. The van der Waals surface area contributed by atoms with Crippen molar-refractivity contribution in [1.29, 1.82) is 0 Å². The van der Waals surface area contributed by atoms with Gasteiger partial charge in [0.15, 0.2) is 18.1 Å². The summed E-state index contributed by atoms with van der Waals surface area (Å²) in [5.41, 5.74) is 3.63. The third-order valence-corrected chi connectivity index (χ3v) is 3.74. The molecule has 0 unspecified atom stereocenters. The van der Waals surface area contributed by atoms with Crippen molar-refractivity contribution in [1.82, 2.24) is 9.88 Å². The normalized spacial score (nSPS) is 10.6. The number of likely N-dealkylation sites (N-methyl/N-ethyl adjacent to an activating group) is 1. The molecule has 8 heteroatoms. The van der Waals surface area contributed by atoms with Crippen molar-refractivity contribution in [3.05, 3.63) is 46.6 Å². The lowest BCUT2D eigenvalue weighted by Gasteiger charge is -2.15. The van der Waals surface area contributed by atoms with Gasteiger partial charge in [0.05, 0.1) is 17.8 Å². The summed E-state index contributed by atoms with van der Waals surface area (Å²) in [5.74, 6) is 1.47. The molecule has 1 heterocycles. The maximum atomic E-state index is 11.7. The first-order valence-electron chi connectivity index (χ1n) is 7.42. The van der Waals surface area contributed by atoms with Crippen LogP contribution in [-0.4, -0.2) is 49.8 Å². The van der Waals surface area contributed by atoms with Gasteiger partial charge in [-0.1, -0.05) is 6.07 Å². The van der Waals surface area contributed by atoms with Crippen LogP contribution in [0.15, 0.2) is 46.1 Å². The minimum atomic E-state index is -0.140. The summed E-state index contributed by atoms with van der Waals surface area (Å²) < 4.78 is 11.6. The molecule has 0 aliphatic heterocycles. The van der Waals surface area contributed by atoms with Gasteiger partial charge in [0.2, 0.25) is 0 Å². The Hall–Kier alpha value is -2.61. The molecule has 2 rings (SSSR count). The number of benzene rings is 1. The van der Waals surface area contributed by atoms with E-state index in [4.69, 9.17) is 9.47 Å². The molecule has 0 saturated heterocycles. The summed E-state index contributed by atoms with van der Waals surface area (Å²) in [4.78, 5) is 17.3. The SMILES string of the molecule is COc1cc(/C=N\Nc2ccccn2)cc(Br)c1OCC(=O)N(C)C. The topological polar surface area (TPSA) is 76.0 Å². The molecule has 0 atom stereocenters. The quantitative estimate of drug-likeness (QED) is 0.564. The van der Waals surface area contributed by atoms with Crippen LogP contribution < -0.4 is 14.9 Å². The highest BCUT2D eigenvalue weighted by atomic mass is 79.9. The minimum absolute atomic E-state index is 0.0728. The first kappa shape index (κ1) is 18.7. The third kappa shape index (κ3) is 5.46. The van der Waals surface area contributed by atoms with Crippen LogP contribution in [0.2, 0.25) is 0 Å². The molecule has 0 aliphatic rings. The molecular weight excluding hydrogens is 388 g/mol. The van der Waals surface area contributed by atoms with E-state index >= 15 is 0 Å².